The van der Waals surface area contributed by atoms with E-state index >= 15 is 0 Å². The molecule has 0 aliphatic carbocycles. The molecule has 0 spiro atoms. The predicted octanol–water partition coefficient (Wildman–Crippen LogP) is 4.70. The van der Waals surface area contributed by atoms with Crippen molar-refractivity contribution in [1.82, 2.24) is 0 Å². The molecule has 0 bridgehead atoms. The summed E-state index contributed by atoms with van der Waals surface area (Å²) in [5, 5.41) is 0. The van der Waals surface area contributed by atoms with Crippen molar-refractivity contribution in [3.63, 3.8) is 0 Å². The minimum absolute atomic E-state index is 1.05. The molecule has 0 N–H and O–H groups in total. The van der Waals surface area contributed by atoms with Crippen molar-refractivity contribution in [2.75, 3.05) is 0 Å². The molecule has 0 saturated heterocycles. The van der Waals surface area contributed by atoms with Crippen LogP contribution >= 0.6 is 0 Å². The maximum atomic E-state index is 2.29. The molecule has 0 heterocycles. The van der Waals surface area contributed by atoms with E-state index in [1.54, 1.807) is 0 Å². The lowest BCUT2D eigenvalue weighted by Gasteiger charge is -2.05. The minimum atomic E-state index is 1.05. The van der Waals surface area contributed by atoms with Crippen LogP contribution in [-0.4, -0.2) is 0 Å². The summed E-state index contributed by atoms with van der Waals surface area (Å²) in [5.41, 5.74) is 5.66. The first kappa shape index (κ1) is 12.8. The van der Waals surface area contributed by atoms with Gasteiger partial charge in [-0.2, -0.15) is 0 Å². The second-order valence-corrected chi connectivity index (χ2v) is 4.74. The van der Waals surface area contributed by atoms with Gasteiger partial charge in [-0.25, -0.2) is 0 Å². The molecule has 0 aliphatic rings. The van der Waals surface area contributed by atoms with Crippen LogP contribution < -0.4 is 0 Å². The molecule has 0 fully saturated rings. The van der Waals surface area contributed by atoms with E-state index in [2.05, 4.69) is 64.1 Å². The SMILES string of the molecule is CC(C)=CCc1ccccc1CC=C(C)C. The van der Waals surface area contributed by atoms with E-state index < -0.39 is 0 Å². The highest BCUT2D eigenvalue weighted by molar-refractivity contribution is 5.31. The Balaban J connectivity index is 2.83. The van der Waals surface area contributed by atoms with E-state index in [0.717, 1.165) is 12.8 Å². The predicted molar refractivity (Wildman–Crippen MR) is 72.7 cm³/mol. The Morgan fingerprint density at radius 1 is 0.812 bits per heavy atom. The van der Waals surface area contributed by atoms with Gasteiger partial charge in [-0.3, -0.25) is 0 Å². The fraction of sp³-hybridized carbons (Fsp3) is 0.375. The van der Waals surface area contributed by atoms with Crippen LogP contribution in [0.15, 0.2) is 47.6 Å². The number of hydrogen-bond donors (Lipinski definition) is 0. The summed E-state index contributed by atoms with van der Waals surface area (Å²) in [4.78, 5) is 0. The quantitative estimate of drug-likeness (QED) is 0.637. The van der Waals surface area contributed by atoms with E-state index in [1.807, 2.05) is 0 Å². The van der Waals surface area contributed by atoms with Gasteiger partial charge >= 0.3 is 0 Å². The lowest BCUT2D eigenvalue weighted by atomic mass is 10.00. The summed E-state index contributed by atoms with van der Waals surface area (Å²) in [7, 11) is 0. The third-order valence-corrected chi connectivity index (χ3v) is 2.58. The van der Waals surface area contributed by atoms with Gasteiger partial charge in [-0.15, -0.1) is 0 Å². The lowest BCUT2D eigenvalue weighted by molar-refractivity contribution is 1.12. The van der Waals surface area contributed by atoms with Crippen LogP contribution in [0, 0.1) is 0 Å². The van der Waals surface area contributed by atoms with Crippen molar-refractivity contribution < 1.29 is 0 Å². The third kappa shape index (κ3) is 4.48. The summed E-state index contributed by atoms with van der Waals surface area (Å²) in [6.07, 6.45) is 6.69. The van der Waals surface area contributed by atoms with Crippen LogP contribution in [0.4, 0.5) is 0 Å². The van der Waals surface area contributed by atoms with Crippen molar-refractivity contribution in [3.8, 4) is 0 Å². The topological polar surface area (TPSA) is 0 Å². The van der Waals surface area contributed by atoms with Crippen molar-refractivity contribution >= 4 is 0 Å². The summed E-state index contributed by atoms with van der Waals surface area (Å²) in [5.74, 6) is 0. The molecule has 0 saturated carbocycles. The zero-order valence-corrected chi connectivity index (χ0v) is 10.9. The largest absolute Gasteiger partial charge is 0.0815 e. The molecule has 0 atom stereocenters. The molecular weight excluding hydrogens is 192 g/mol. The van der Waals surface area contributed by atoms with Crippen LogP contribution in [-0.2, 0) is 12.8 Å². The van der Waals surface area contributed by atoms with Gasteiger partial charge in [0.05, 0.1) is 0 Å². The Kier molecular flexibility index (Phi) is 5.04. The van der Waals surface area contributed by atoms with Crippen molar-refractivity contribution in [2.45, 2.75) is 40.5 Å². The molecule has 86 valence electrons. The van der Waals surface area contributed by atoms with Crippen molar-refractivity contribution in [3.05, 3.63) is 58.7 Å². The second-order valence-electron chi connectivity index (χ2n) is 4.74. The molecule has 0 radical (unpaired) electrons. The molecule has 0 nitrogen and oxygen atoms in total. The van der Waals surface area contributed by atoms with Gasteiger partial charge in [0.15, 0.2) is 0 Å². The van der Waals surface area contributed by atoms with Crippen LogP contribution in [0.2, 0.25) is 0 Å². The Hall–Kier alpha value is -1.30. The van der Waals surface area contributed by atoms with E-state index in [-0.39, 0.29) is 0 Å². The normalized spacial score (nSPS) is 9.75. The molecule has 0 aromatic heterocycles. The molecule has 0 unspecified atom stereocenters. The Bertz CT molecular complexity index is 347. The zero-order chi connectivity index (χ0) is 12.0. The monoisotopic (exact) mass is 214 g/mol. The van der Waals surface area contributed by atoms with E-state index in [4.69, 9.17) is 0 Å². The maximum Gasteiger partial charge on any atom is -0.00921 e. The Morgan fingerprint density at radius 3 is 1.50 bits per heavy atom. The van der Waals surface area contributed by atoms with Gasteiger partial charge in [-0.1, -0.05) is 47.6 Å². The third-order valence-electron chi connectivity index (χ3n) is 2.58. The first-order valence-corrected chi connectivity index (χ1v) is 5.93. The highest BCUT2D eigenvalue weighted by Crippen LogP contribution is 2.13. The van der Waals surface area contributed by atoms with Gasteiger partial charge < -0.3 is 0 Å². The second kappa shape index (κ2) is 6.32. The van der Waals surface area contributed by atoms with Gasteiger partial charge in [0.1, 0.15) is 0 Å². The molecule has 16 heavy (non-hydrogen) atoms. The van der Waals surface area contributed by atoms with Crippen molar-refractivity contribution in [2.24, 2.45) is 0 Å². The molecule has 1 rings (SSSR count). The van der Waals surface area contributed by atoms with Crippen LogP contribution in [0.5, 0.6) is 0 Å². The molecule has 0 aliphatic heterocycles. The average Bonchev–Trinajstić information content (AvgIpc) is 2.24. The van der Waals surface area contributed by atoms with Crippen molar-refractivity contribution in [1.29, 1.82) is 0 Å². The van der Waals surface area contributed by atoms with Gasteiger partial charge in [0, 0.05) is 0 Å². The van der Waals surface area contributed by atoms with Crippen LogP contribution in [0.25, 0.3) is 0 Å². The summed E-state index contributed by atoms with van der Waals surface area (Å²) in [6, 6.07) is 8.71. The zero-order valence-electron chi connectivity index (χ0n) is 10.9. The molecular formula is C16H22. The molecule has 1 aromatic rings. The number of benzene rings is 1. The fourth-order valence-corrected chi connectivity index (χ4v) is 1.58. The van der Waals surface area contributed by atoms with E-state index in [1.165, 1.54) is 22.3 Å². The summed E-state index contributed by atoms with van der Waals surface area (Å²) >= 11 is 0. The highest BCUT2D eigenvalue weighted by Gasteiger charge is 1.98. The molecule has 0 amide bonds. The Labute approximate surface area is 99.7 Å². The fourth-order valence-electron chi connectivity index (χ4n) is 1.58. The molecule has 0 heteroatoms. The number of hydrogen-bond acceptors (Lipinski definition) is 0. The first-order valence-electron chi connectivity index (χ1n) is 5.93. The van der Waals surface area contributed by atoms with E-state index in [9.17, 15) is 0 Å². The van der Waals surface area contributed by atoms with Gasteiger partial charge in [0.2, 0.25) is 0 Å². The summed E-state index contributed by atoms with van der Waals surface area (Å²) in [6.45, 7) is 8.61. The highest BCUT2D eigenvalue weighted by atomic mass is 14.0. The lowest BCUT2D eigenvalue weighted by Crippen LogP contribution is -1.91. The van der Waals surface area contributed by atoms with Gasteiger partial charge in [-0.05, 0) is 51.7 Å². The van der Waals surface area contributed by atoms with E-state index in [0.29, 0.717) is 0 Å². The number of rotatable bonds is 4. The minimum Gasteiger partial charge on any atom is -0.0815 e. The first-order chi connectivity index (χ1) is 7.59. The molecule has 1 aromatic carbocycles. The van der Waals surface area contributed by atoms with Gasteiger partial charge in [0.25, 0.3) is 0 Å². The smallest absolute Gasteiger partial charge is 0.00921 e. The maximum absolute atomic E-state index is 2.29. The summed E-state index contributed by atoms with van der Waals surface area (Å²) < 4.78 is 0. The van der Waals surface area contributed by atoms with Crippen LogP contribution in [0.3, 0.4) is 0 Å². The number of allylic oxidation sites excluding steroid dienone is 4. The Morgan fingerprint density at radius 2 is 1.19 bits per heavy atom. The van der Waals surface area contributed by atoms with Crippen LogP contribution in [0.1, 0.15) is 38.8 Å². The average molecular weight is 214 g/mol. The standard InChI is InChI=1S/C16H22/c1-13(2)9-11-15-7-5-6-8-16(15)12-10-14(3)4/h5-10H,11-12H2,1-4H3.